The molecule has 0 unspecified atom stereocenters. The van der Waals surface area contributed by atoms with Gasteiger partial charge in [0.2, 0.25) is 0 Å². The average molecular weight is 430 g/mol. The van der Waals surface area contributed by atoms with Gasteiger partial charge in [0.15, 0.2) is 0 Å². The number of carbonyl (C=O) groups is 3. The van der Waals surface area contributed by atoms with Crippen LogP contribution in [-0.4, -0.2) is 29.8 Å². The third-order valence-electron chi connectivity index (χ3n) is 3.79. The van der Waals surface area contributed by atoms with Crippen molar-refractivity contribution in [2.24, 2.45) is 4.99 Å². The first-order chi connectivity index (χ1) is 12.9. The summed E-state index contributed by atoms with van der Waals surface area (Å²) in [5.74, 6) is -2.84. The molecule has 0 saturated carbocycles. The molecule has 2 aromatic carbocycles. The van der Waals surface area contributed by atoms with Crippen molar-refractivity contribution in [3.05, 3.63) is 64.1 Å². The third-order valence-corrected chi connectivity index (χ3v) is 4.28. The van der Waals surface area contributed by atoms with Gasteiger partial charge in [0.1, 0.15) is 0 Å². The molecule has 2 aromatic rings. The lowest BCUT2D eigenvalue weighted by Gasteiger charge is -2.12. The summed E-state index contributed by atoms with van der Waals surface area (Å²) in [5.41, 5.74) is 2.41. The Morgan fingerprint density at radius 2 is 1.89 bits per heavy atom. The van der Waals surface area contributed by atoms with E-state index < -0.39 is 36.9 Å². The molecule has 0 radical (unpaired) electrons. The maximum atomic E-state index is 12.5. The zero-order valence-electron chi connectivity index (χ0n) is 14.0. The predicted octanol–water partition coefficient (Wildman–Crippen LogP) is 1.64. The molecule has 1 aliphatic heterocycles. The van der Waals surface area contributed by atoms with E-state index in [1.165, 1.54) is 0 Å². The van der Waals surface area contributed by atoms with E-state index in [0.29, 0.717) is 17.0 Å². The van der Waals surface area contributed by atoms with Crippen molar-refractivity contribution in [1.29, 1.82) is 0 Å². The van der Waals surface area contributed by atoms with Gasteiger partial charge >= 0.3 is 5.97 Å². The molecule has 0 aliphatic carbocycles. The molecule has 0 saturated heterocycles. The third kappa shape index (κ3) is 4.59. The van der Waals surface area contributed by atoms with E-state index >= 15 is 0 Å². The van der Waals surface area contributed by atoms with Gasteiger partial charge in [0.25, 0.3) is 12.1 Å². The van der Waals surface area contributed by atoms with E-state index in [1.807, 2.05) is 36.4 Å². The highest BCUT2D eigenvalue weighted by Gasteiger charge is 2.28. The summed E-state index contributed by atoms with van der Waals surface area (Å²) in [6.07, 6.45) is -2.32. The van der Waals surface area contributed by atoms with E-state index in [1.54, 1.807) is 12.1 Å². The first-order valence-electron chi connectivity index (χ1n) is 8.07. The van der Waals surface area contributed by atoms with Crippen LogP contribution in [0.15, 0.2) is 58.0 Å². The standard InChI is InChI=1S/C19H15BrN2O5/c20-12-6-7-14-13(10-12)17(11-4-2-1-3-5-11)22-19(18(26)21-14)27-16(25)9-8-15(23)24/h1-7,10,19H,8-9H2,(H,21,26)(H,23,24)/p-1/t19-/m1/s1. The zero-order chi connectivity index (χ0) is 19.4. The first-order valence-corrected chi connectivity index (χ1v) is 8.86. The van der Waals surface area contributed by atoms with E-state index in [9.17, 15) is 19.5 Å². The number of ether oxygens (including phenoxy) is 1. The number of fused-ring (bicyclic) bond motifs is 1. The van der Waals surface area contributed by atoms with Gasteiger partial charge in [-0.15, -0.1) is 0 Å². The normalized spacial score (nSPS) is 15.8. The number of carboxylic acids is 1. The molecule has 27 heavy (non-hydrogen) atoms. The highest BCUT2D eigenvalue weighted by Crippen LogP contribution is 2.27. The van der Waals surface area contributed by atoms with Crippen LogP contribution >= 0.6 is 15.9 Å². The Labute approximate surface area is 163 Å². The number of benzodiazepines with no additional fused rings is 1. The monoisotopic (exact) mass is 429 g/mol. The minimum absolute atomic E-state index is 0.402. The zero-order valence-corrected chi connectivity index (χ0v) is 15.6. The number of anilines is 1. The Morgan fingerprint density at radius 1 is 1.15 bits per heavy atom. The highest BCUT2D eigenvalue weighted by molar-refractivity contribution is 9.10. The van der Waals surface area contributed by atoms with Gasteiger partial charge in [-0.1, -0.05) is 46.3 Å². The lowest BCUT2D eigenvalue weighted by atomic mass is 10.0. The summed E-state index contributed by atoms with van der Waals surface area (Å²) in [7, 11) is 0. The summed E-state index contributed by atoms with van der Waals surface area (Å²) in [4.78, 5) is 39.2. The van der Waals surface area contributed by atoms with Crippen LogP contribution in [0, 0.1) is 0 Å². The Morgan fingerprint density at radius 3 is 2.59 bits per heavy atom. The number of esters is 1. The predicted molar refractivity (Wildman–Crippen MR) is 99.0 cm³/mol. The number of hydrogen-bond acceptors (Lipinski definition) is 6. The second-order valence-corrected chi connectivity index (χ2v) is 6.65. The Kier molecular flexibility index (Phi) is 5.66. The SMILES string of the molecule is O=C([O-])CCC(=O)O[C@H]1N=C(c2ccccc2)c2cc(Br)ccc2NC1=O. The maximum Gasteiger partial charge on any atom is 0.308 e. The summed E-state index contributed by atoms with van der Waals surface area (Å²) in [6, 6.07) is 14.5. The minimum atomic E-state index is -1.43. The molecule has 0 fully saturated rings. The second-order valence-electron chi connectivity index (χ2n) is 5.74. The molecule has 3 rings (SSSR count). The fourth-order valence-corrected chi connectivity index (χ4v) is 2.92. The number of nitrogens with one attached hydrogen (secondary N) is 1. The lowest BCUT2D eigenvalue weighted by Crippen LogP contribution is -2.31. The minimum Gasteiger partial charge on any atom is -0.550 e. The van der Waals surface area contributed by atoms with Crippen LogP contribution in [0.2, 0.25) is 0 Å². The number of carbonyl (C=O) groups excluding carboxylic acids is 3. The number of rotatable bonds is 5. The van der Waals surface area contributed by atoms with E-state index in [2.05, 4.69) is 26.2 Å². The van der Waals surface area contributed by atoms with Crippen molar-refractivity contribution in [1.82, 2.24) is 0 Å². The maximum absolute atomic E-state index is 12.5. The molecule has 0 spiro atoms. The van der Waals surface area contributed by atoms with Crippen LogP contribution in [0.1, 0.15) is 24.0 Å². The summed E-state index contributed by atoms with van der Waals surface area (Å²) < 4.78 is 5.90. The van der Waals surface area contributed by atoms with Gasteiger partial charge in [0, 0.05) is 21.6 Å². The van der Waals surface area contributed by atoms with E-state index in [-0.39, 0.29) is 0 Å². The van der Waals surface area contributed by atoms with Crippen LogP contribution in [0.25, 0.3) is 0 Å². The van der Waals surface area contributed by atoms with Crippen molar-refractivity contribution >= 4 is 45.2 Å². The molecule has 0 bridgehead atoms. The number of aliphatic imine (C=N–C) groups is 1. The summed E-state index contributed by atoms with van der Waals surface area (Å²) >= 11 is 3.41. The number of benzene rings is 2. The number of amides is 1. The molecule has 0 aromatic heterocycles. The molecule has 1 aliphatic rings. The molecule has 1 atom stereocenters. The van der Waals surface area contributed by atoms with Crippen LogP contribution in [0.4, 0.5) is 5.69 Å². The second kappa shape index (κ2) is 8.13. The molecule has 1 heterocycles. The average Bonchev–Trinajstić information content (AvgIpc) is 2.78. The van der Waals surface area contributed by atoms with Gasteiger partial charge < -0.3 is 20.0 Å². The Bertz CT molecular complexity index is 927. The number of aliphatic carboxylic acids is 1. The number of hydrogen-bond donors (Lipinski definition) is 1. The molecular formula is C19H14BrN2O5-. The van der Waals surface area contributed by atoms with Crippen molar-refractivity contribution < 1.29 is 24.2 Å². The molecular weight excluding hydrogens is 416 g/mol. The Hall–Kier alpha value is -3.00. The van der Waals surface area contributed by atoms with Gasteiger partial charge in [-0.05, 0) is 24.6 Å². The topological polar surface area (TPSA) is 108 Å². The smallest absolute Gasteiger partial charge is 0.308 e. The van der Waals surface area contributed by atoms with Crippen molar-refractivity contribution in [2.45, 2.75) is 19.1 Å². The summed E-state index contributed by atoms with van der Waals surface area (Å²) in [6.45, 7) is 0. The first kappa shape index (κ1) is 18.8. The number of carboxylic acid groups (broad SMARTS) is 1. The van der Waals surface area contributed by atoms with Crippen molar-refractivity contribution in [2.75, 3.05) is 5.32 Å². The van der Waals surface area contributed by atoms with Gasteiger partial charge in [-0.3, -0.25) is 9.59 Å². The van der Waals surface area contributed by atoms with Crippen molar-refractivity contribution in [3.63, 3.8) is 0 Å². The summed E-state index contributed by atoms with van der Waals surface area (Å²) in [5, 5.41) is 13.2. The van der Waals surface area contributed by atoms with Gasteiger partial charge in [0.05, 0.1) is 17.8 Å². The number of nitrogens with zero attached hydrogens (tertiary/aromatic N) is 1. The van der Waals surface area contributed by atoms with E-state index in [0.717, 1.165) is 10.0 Å². The molecule has 8 heteroatoms. The molecule has 7 nitrogen and oxygen atoms in total. The van der Waals surface area contributed by atoms with Crippen LogP contribution < -0.4 is 10.4 Å². The van der Waals surface area contributed by atoms with Crippen molar-refractivity contribution in [3.8, 4) is 0 Å². The molecule has 138 valence electrons. The van der Waals surface area contributed by atoms with Crippen LogP contribution in [0.5, 0.6) is 0 Å². The quantitative estimate of drug-likeness (QED) is 0.726. The van der Waals surface area contributed by atoms with Gasteiger partial charge in [-0.2, -0.15) is 0 Å². The molecule has 1 amide bonds. The Balaban J connectivity index is 1.99. The molecule has 1 N–H and O–H groups in total. The van der Waals surface area contributed by atoms with Gasteiger partial charge in [-0.25, -0.2) is 4.99 Å². The lowest BCUT2D eigenvalue weighted by molar-refractivity contribution is -0.305. The highest BCUT2D eigenvalue weighted by atomic mass is 79.9. The largest absolute Gasteiger partial charge is 0.550 e. The van der Waals surface area contributed by atoms with Crippen LogP contribution in [-0.2, 0) is 19.1 Å². The van der Waals surface area contributed by atoms with E-state index in [4.69, 9.17) is 4.74 Å². The van der Waals surface area contributed by atoms with Crippen LogP contribution in [0.3, 0.4) is 0 Å². The number of halogens is 1. The fraction of sp³-hybridized carbons (Fsp3) is 0.158. The fourth-order valence-electron chi connectivity index (χ4n) is 2.55.